The average molecular weight is 496 g/mol. The van der Waals surface area contributed by atoms with Crippen LogP contribution in [0.25, 0.3) is 16.7 Å². The number of pyridine rings is 1. The summed E-state index contributed by atoms with van der Waals surface area (Å²) in [5.74, 6) is -0.430. The highest BCUT2D eigenvalue weighted by atomic mass is 19.1. The number of ether oxygens (including phenoxy) is 2. The van der Waals surface area contributed by atoms with E-state index in [4.69, 9.17) is 19.6 Å². The van der Waals surface area contributed by atoms with Gasteiger partial charge in [-0.2, -0.15) is 5.10 Å². The number of hydrogen-bond donors (Lipinski definition) is 1. The van der Waals surface area contributed by atoms with E-state index in [1.807, 2.05) is 6.07 Å². The molecule has 3 heterocycles. The van der Waals surface area contributed by atoms with Crippen molar-refractivity contribution in [2.75, 3.05) is 45.4 Å². The summed E-state index contributed by atoms with van der Waals surface area (Å²) in [4.78, 5) is 19.7. The number of nitrogens with zero attached hydrogens (tertiary/aromatic N) is 4. The van der Waals surface area contributed by atoms with Gasteiger partial charge in [0.05, 0.1) is 29.6 Å². The summed E-state index contributed by atoms with van der Waals surface area (Å²) in [6, 6.07) is 8.55. The van der Waals surface area contributed by atoms with Crippen LogP contribution in [-0.4, -0.2) is 67.2 Å². The number of carbonyl (C=O) groups excluding carboxylic acids is 1. The van der Waals surface area contributed by atoms with Gasteiger partial charge in [-0.1, -0.05) is 6.42 Å². The SMILES string of the molecule is COCCCNC1CCN(c2cc(C(=O)OC)nc3c2c(C2CCC2)nn3-c2ccc(F)cc2)CC1. The van der Waals surface area contributed by atoms with Crippen molar-refractivity contribution in [3.63, 3.8) is 0 Å². The second-order valence-corrected chi connectivity index (χ2v) is 9.68. The molecule has 192 valence electrons. The van der Waals surface area contributed by atoms with Crippen LogP contribution in [0, 0.1) is 5.82 Å². The molecule has 1 saturated carbocycles. The molecule has 0 unspecified atom stereocenters. The number of piperidine rings is 1. The Kier molecular flexibility index (Phi) is 7.48. The van der Waals surface area contributed by atoms with Crippen molar-refractivity contribution < 1.29 is 18.7 Å². The normalized spacial score (nSPS) is 16.9. The van der Waals surface area contributed by atoms with Gasteiger partial charge in [0, 0.05) is 38.8 Å². The molecule has 2 aliphatic rings. The second kappa shape index (κ2) is 10.9. The van der Waals surface area contributed by atoms with Gasteiger partial charge in [0.15, 0.2) is 11.3 Å². The molecule has 8 nitrogen and oxygen atoms in total. The topological polar surface area (TPSA) is 81.5 Å². The van der Waals surface area contributed by atoms with E-state index < -0.39 is 5.97 Å². The lowest BCUT2D eigenvalue weighted by molar-refractivity contribution is 0.0594. The number of rotatable bonds is 9. The predicted octanol–water partition coefficient (Wildman–Crippen LogP) is 4.21. The molecule has 9 heteroatoms. The van der Waals surface area contributed by atoms with Gasteiger partial charge in [0.25, 0.3) is 0 Å². The molecule has 3 aromatic rings. The maximum absolute atomic E-state index is 13.7. The van der Waals surface area contributed by atoms with E-state index in [1.165, 1.54) is 25.7 Å². The van der Waals surface area contributed by atoms with E-state index in [9.17, 15) is 9.18 Å². The summed E-state index contributed by atoms with van der Waals surface area (Å²) in [6.45, 7) is 3.45. The van der Waals surface area contributed by atoms with Gasteiger partial charge >= 0.3 is 5.97 Å². The molecule has 2 fully saturated rings. The zero-order valence-electron chi connectivity index (χ0n) is 21.0. The van der Waals surface area contributed by atoms with Gasteiger partial charge < -0.3 is 19.7 Å². The van der Waals surface area contributed by atoms with Gasteiger partial charge in [-0.25, -0.2) is 18.9 Å². The van der Waals surface area contributed by atoms with E-state index in [1.54, 1.807) is 23.9 Å². The van der Waals surface area contributed by atoms with Crippen LogP contribution in [0.5, 0.6) is 0 Å². The van der Waals surface area contributed by atoms with Crippen LogP contribution in [0.1, 0.15) is 60.6 Å². The van der Waals surface area contributed by atoms with E-state index in [2.05, 4.69) is 10.2 Å². The van der Waals surface area contributed by atoms with E-state index in [0.717, 1.165) is 75.1 Å². The monoisotopic (exact) mass is 495 g/mol. The molecule has 0 radical (unpaired) electrons. The molecule has 1 saturated heterocycles. The van der Waals surface area contributed by atoms with Gasteiger partial charge in [0.2, 0.25) is 0 Å². The summed E-state index contributed by atoms with van der Waals surface area (Å²) >= 11 is 0. The highest BCUT2D eigenvalue weighted by Gasteiger charge is 2.31. The van der Waals surface area contributed by atoms with Crippen LogP contribution in [0.15, 0.2) is 30.3 Å². The Balaban J connectivity index is 1.53. The van der Waals surface area contributed by atoms with E-state index in [-0.39, 0.29) is 11.5 Å². The number of halogens is 1. The summed E-state index contributed by atoms with van der Waals surface area (Å²) in [6.07, 6.45) is 6.36. The predicted molar refractivity (Wildman–Crippen MR) is 136 cm³/mol. The minimum Gasteiger partial charge on any atom is -0.464 e. The van der Waals surface area contributed by atoms with Crippen molar-refractivity contribution in [1.29, 1.82) is 0 Å². The molecule has 0 bridgehead atoms. The molecule has 5 rings (SSSR count). The number of carbonyl (C=O) groups is 1. The van der Waals surface area contributed by atoms with E-state index >= 15 is 0 Å². The average Bonchev–Trinajstić information content (AvgIpc) is 3.24. The molecule has 0 spiro atoms. The third-order valence-corrected chi connectivity index (χ3v) is 7.40. The Labute approximate surface area is 210 Å². The largest absolute Gasteiger partial charge is 0.464 e. The smallest absolute Gasteiger partial charge is 0.356 e. The van der Waals surface area contributed by atoms with E-state index in [0.29, 0.717) is 23.3 Å². The Hall–Kier alpha value is -3.04. The number of esters is 1. The Morgan fingerprint density at radius 2 is 1.89 bits per heavy atom. The Morgan fingerprint density at radius 3 is 2.53 bits per heavy atom. The number of nitrogens with one attached hydrogen (secondary N) is 1. The zero-order chi connectivity index (χ0) is 25.1. The first-order valence-corrected chi connectivity index (χ1v) is 12.8. The van der Waals surface area contributed by atoms with Crippen molar-refractivity contribution in [2.45, 2.75) is 50.5 Å². The van der Waals surface area contributed by atoms with Gasteiger partial charge in [-0.15, -0.1) is 0 Å². The van der Waals surface area contributed by atoms with Gasteiger partial charge in [-0.05, 0) is 69.0 Å². The maximum atomic E-state index is 13.7. The molecule has 1 aliphatic carbocycles. The first-order valence-electron chi connectivity index (χ1n) is 12.8. The number of aromatic nitrogens is 3. The van der Waals surface area contributed by atoms with Crippen molar-refractivity contribution in [1.82, 2.24) is 20.1 Å². The molecule has 1 aliphatic heterocycles. The fourth-order valence-corrected chi connectivity index (χ4v) is 5.16. The highest BCUT2D eigenvalue weighted by molar-refractivity contribution is 5.99. The highest BCUT2D eigenvalue weighted by Crippen LogP contribution is 2.43. The van der Waals surface area contributed by atoms with Crippen LogP contribution >= 0.6 is 0 Å². The minimum atomic E-state index is -0.482. The third kappa shape index (κ3) is 4.95. The number of methoxy groups -OCH3 is 2. The zero-order valence-corrected chi connectivity index (χ0v) is 21.0. The number of benzene rings is 1. The maximum Gasteiger partial charge on any atom is 0.356 e. The molecular weight excluding hydrogens is 461 g/mol. The summed E-state index contributed by atoms with van der Waals surface area (Å²) in [5.41, 5.74) is 3.57. The van der Waals surface area contributed by atoms with Crippen molar-refractivity contribution >= 4 is 22.7 Å². The Bertz CT molecular complexity index is 1200. The number of hydrogen-bond acceptors (Lipinski definition) is 7. The molecule has 1 aromatic carbocycles. The quantitative estimate of drug-likeness (QED) is 0.352. The van der Waals surface area contributed by atoms with Crippen LogP contribution in [-0.2, 0) is 9.47 Å². The van der Waals surface area contributed by atoms with Crippen molar-refractivity contribution in [2.24, 2.45) is 0 Å². The molecule has 2 aromatic heterocycles. The van der Waals surface area contributed by atoms with Crippen LogP contribution < -0.4 is 10.2 Å². The fraction of sp³-hybridized carbons (Fsp3) is 0.519. The number of fused-ring (bicyclic) bond motifs is 1. The Morgan fingerprint density at radius 1 is 1.14 bits per heavy atom. The molecular formula is C27H34FN5O3. The van der Waals surface area contributed by atoms with Crippen molar-refractivity contribution in [3.05, 3.63) is 47.5 Å². The summed E-state index contributed by atoms with van der Waals surface area (Å²) < 4.78 is 25.6. The first kappa shape index (κ1) is 24.6. The van der Waals surface area contributed by atoms with Crippen LogP contribution in [0.3, 0.4) is 0 Å². The first-order chi connectivity index (χ1) is 17.6. The number of anilines is 1. The van der Waals surface area contributed by atoms with Gasteiger partial charge in [0.1, 0.15) is 5.82 Å². The lowest BCUT2D eigenvalue weighted by atomic mass is 9.82. The fourth-order valence-electron chi connectivity index (χ4n) is 5.16. The summed E-state index contributed by atoms with van der Waals surface area (Å²) in [7, 11) is 3.10. The lowest BCUT2D eigenvalue weighted by Gasteiger charge is -2.35. The molecule has 0 atom stereocenters. The minimum absolute atomic E-state index is 0.253. The lowest BCUT2D eigenvalue weighted by Crippen LogP contribution is -2.43. The van der Waals surface area contributed by atoms with Crippen LogP contribution in [0.4, 0.5) is 10.1 Å². The van der Waals surface area contributed by atoms with Gasteiger partial charge in [-0.3, -0.25) is 0 Å². The third-order valence-electron chi connectivity index (χ3n) is 7.40. The molecule has 1 N–H and O–H groups in total. The second-order valence-electron chi connectivity index (χ2n) is 9.68. The summed E-state index contributed by atoms with van der Waals surface area (Å²) in [5, 5.41) is 9.63. The standard InChI is InChI=1S/C27H34FN5O3/c1-35-16-4-13-29-20-11-14-32(15-12-20)23-17-22(27(34)36-2)30-26-24(23)25(18-5-3-6-18)31-33(26)21-9-7-19(28)8-10-21/h7-10,17-18,20,29H,3-6,11-16H2,1-2H3. The van der Waals surface area contributed by atoms with Crippen molar-refractivity contribution in [3.8, 4) is 5.69 Å². The van der Waals surface area contributed by atoms with Crippen LogP contribution in [0.2, 0.25) is 0 Å². The molecule has 0 amide bonds. The molecule has 36 heavy (non-hydrogen) atoms.